The van der Waals surface area contributed by atoms with E-state index in [0.29, 0.717) is 11.7 Å². The van der Waals surface area contributed by atoms with Gasteiger partial charge in [-0.25, -0.2) is 9.37 Å². The number of pyridine rings is 3. The molecule has 0 aliphatic heterocycles. The first kappa shape index (κ1) is 18.8. The maximum Gasteiger partial charge on any atom is 0.258 e. The van der Waals surface area contributed by atoms with Crippen molar-refractivity contribution in [3.63, 3.8) is 0 Å². The molecule has 0 saturated heterocycles. The summed E-state index contributed by atoms with van der Waals surface area (Å²) < 4.78 is 22.9. The molecule has 6 nitrogen and oxygen atoms in total. The SMILES string of the molecule is Cc1c(C2CC2)nc2ccc(-n3ccc(OCc4ncc(Cl)cc4F)cc3=O)cn12. The molecule has 1 aliphatic carbocycles. The summed E-state index contributed by atoms with van der Waals surface area (Å²) in [5.74, 6) is 0.348. The van der Waals surface area contributed by atoms with Crippen molar-refractivity contribution in [3.8, 4) is 11.4 Å². The Morgan fingerprint density at radius 1 is 1.27 bits per heavy atom. The number of fused-ring (bicyclic) bond motifs is 1. The summed E-state index contributed by atoms with van der Waals surface area (Å²) in [5.41, 5.74) is 3.73. The summed E-state index contributed by atoms with van der Waals surface area (Å²) in [6.45, 7) is 1.96. The van der Waals surface area contributed by atoms with Crippen molar-refractivity contribution in [1.29, 1.82) is 0 Å². The van der Waals surface area contributed by atoms with Crippen molar-refractivity contribution in [2.75, 3.05) is 0 Å². The molecule has 4 aromatic rings. The fourth-order valence-electron chi connectivity index (χ4n) is 3.52. The Kier molecular flexibility index (Phi) is 4.55. The fourth-order valence-corrected chi connectivity index (χ4v) is 3.66. The lowest BCUT2D eigenvalue weighted by atomic mass is 10.2. The van der Waals surface area contributed by atoms with Crippen LogP contribution in [0.15, 0.2) is 53.7 Å². The van der Waals surface area contributed by atoms with Crippen LogP contribution < -0.4 is 10.3 Å². The minimum absolute atomic E-state index is 0.101. The Hall–Kier alpha value is -3.19. The van der Waals surface area contributed by atoms with Crippen LogP contribution in [0.4, 0.5) is 4.39 Å². The van der Waals surface area contributed by atoms with Crippen molar-refractivity contribution in [1.82, 2.24) is 18.9 Å². The number of aryl methyl sites for hydroxylation is 1. The van der Waals surface area contributed by atoms with Gasteiger partial charge in [0, 0.05) is 36.3 Å². The number of aromatic nitrogens is 4. The molecular weight excluding hydrogens is 407 g/mol. The number of imidazole rings is 1. The van der Waals surface area contributed by atoms with Gasteiger partial charge in [0.15, 0.2) is 0 Å². The van der Waals surface area contributed by atoms with E-state index >= 15 is 0 Å². The van der Waals surface area contributed by atoms with Crippen molar-refractivity contribution < 1.29 is 9.13 Å². The molecule has 1 fully saturated rings. The van der Waals surface area contributed by atoms with E-state index < -0.39 is 5.82 Å². The van der Waals surface area contributed by atoms with Crippen LogP contribution in [0.25, 0.3) is 11.3 Å². The molecule has 152 valence electrons. The van der Waals surface area contributed by atoms with Crippen LogP contribution in [0.2, 0.25) is 5.02 Å². The number of nitrogens with zero attached hydrogens (tertiary/aromatic N) is 4. The maximum absolute atomic E-state index is 13.8. The van der Waals surface area contributed by atoms with Gasteiger partial charge in [0.05, 0.1) is 16.4 Å². The molecule has 0 radical (unpaired) electrons. The zero-order valence-electron chi connectivity index (χ0n) is 16.2. The third-order valence-corrected chi connectivity index (χ3v) is 5.48. The highest BCUT2D eigenvalue weighted by Gasteiger charge is 2.28. The van der Waals surface area contributed by atoms with Gasteiger partial charge in [-0.2, -0.15) is 0 Å². The summed E-state index contributed by atoms with van der Waals surface area (Å²) >= 11 is 5.70. The lowest BCUT2D eigenvalue weighted by Gasteiger charge is -2.10. The van der Waals surface area contributed by atoms with Gasteiger partial charge in [-0.15, -0.1) is 0 Å². The molecule has 0 spiro atoms. The first-order valence-electron chi connectivity index (χ1n) is 9.64. The highest BCUT2D eigenvalue weighted by Crippen LogP contribution is 2.41. The van der Waals surface area contributed by atoms with E-state index in [1.165, 1.54) is 35.7 Å². The quantitative estimate of drug-likeness (QED) is 0.475. The van der Waals surface area contributed by atoms with E-state index in [0.717, 1.165) is 22.7 Å². The van der Waals surface area contributed by atoms with Crippen molar-refractivity contribution in [2.45, 2.75) is 32.3 Å². The summed E-state index contributed by atoms with van der Waals surface area (Å²) in [6, 6.07) is 7.99. The van der Waals surface area contributed by atoms with E-state index in [9.17, 15) is 9.18 Å². The lowest BCUT2D eigenvalue weighted by molar-refractivity contribution is 0.293. The summed E-state index contributed by atoms with van der Waals surface area (Å²) in [6.07, 6.45) is 7.28. The molecule has 5 rings (SSSR count). The smallest absolute Gasteiger partial charge is 0.258 e. The van der Waals surface area contributed by atoms with Crippen LogP contribution in [0.5, 0.6) is 5.75 Å². The Bertz CT molecular complexity index is 1330. The average molecular weight is 425 g/mol. The van der Waals surface area contributed by atoms with Gasteiger partial charge in [0.25, 0.3) is 5.56 Å². The molecule has 4 heterocycles. The topological polar surface area (TPSA) is 61.4 Å². The van der Waals surface area contributed by atoms with Gasteiger partial charge in [0.1, 0.15) is 29.5 Å². The molecule has 0 bridgehead atoms. The van der Waals surface area contributed by atoms with E-state index in [1.807, 2.05) is 22.7 Å². The molecule has 0 N–H and O–H groups in total. The Labute approximate surface area is 176 Å². The number of halogens is 2. The zero-order valence-corrected chi connectivity index (χ0v) is 16.9. The first-order valence-corrected chi connectivity index (χ1v) is 10.0. The molecule has 8 heteroatoms. The molecule has 1 aliphatic rings. The predicted molar refractivity (Wildman–Crippen MR) is 111 cm³/mol. The second kappa shape index (κ2) is 7.25. The second-order valence-corrected chi connectivity index (χ2v) is 7.85. The highest BCUT2D eigenvalue weighted by molar-refractivity contribution is 6.30. The van der Waals surface area contributed by atoms with E-state index in [-0.39, 0.29) is 22.9 Å². The Balaban J connectivity index is 1.40. The van der Waals surface area contributed by atoms with Gasteiger partial charge in [0.2, 0.25) is 0 Å². The van der Waals surface area contributed by atoms with Crippen molar-refractivity contribution in [2.24, 2.45) is 0 Å². The van der Waals surface area contributed by atoms with Crippen molar-refractivity contribution >= 4 is 17.2 Å². The summed E-state index contributed by atoms with van der Waals surface area (Å²) in [7, 11) is 0. The average Bonchev–Trinajstić information content (AvgIpc) is 3.51. The standard InChI is InChI=1S/C22H18ClFN4O2/c1-13-22(14-2-3-14)26-20-5-4-16(11-28(13)20)27-7-6-17(9-21(27)29)30-12-19-18(24)8-15(23)10-25-19/h4-11,14H,2-3,12H2,1H3. The van der Waals surface area contributed by atoms with Gasteiger partial charge < -0.3 is 9.14 Å². The van der Waals surface area contributed by atoms with Crippen LogP contribution in [0, 0.1) is 12.7 Å². The van der Waals surface area contributed by atoms with Gasteiger partial charge in [-0.05, 0) is 44.0 Å². The van der Waals surface area contributed by atoms with Gasteiger partial charge >= 0.3 is 0 Å². The van der Waals surface area contributed by atoms with Crippen LogP contribution in [-0.2, 0) is 6.61 Å². The Morgan fingerprint density at radius 3 is 2.83 bits per heavy atom. The summed E-state index contributed by atoms with van der Waals surface area (Å²) in [4.78, 5) is 21.3. The van der Waals surface area contributed by atoms with E-state index in [4.69, 9.17) is 21.3 Å². The van der Waals surface area contributed by atoms with Gasteiger partial charge in [-0.1, -0.05) is 11.6 Å². The Morgan fingerprint density at radius 2 is 2.10 bits per heavy atom. The highest BCUT2D eigenvalue weighted by atomic mass is 35.5. The van der Waals surface area contributed by atoms with Gasteiger partial charge in [-0.3, -0.25) is 14.3 Å². The van der Waals surface area contributed by atoms with Crippen molar-refractivity contribution in [3.05, 3.63) is 87.2 Å². The third kappa shape index (κ3) is 3.45. The largest absolute Gasteiger partial charge is 0.487 e. The summed E-state index contributed by atoms with van der Waals surface area (Å²) in [5, 5.41) is 0.216. The molecule has 0 aromatic carbocycles. The normalized spacial score (nSPS) is 13.7. The molecular formula is C22H18ClFN4O2. The molecule has 1 saturated carbocycles. The van der Waals surface area contributed by atoms with Crippen LogP contribution in [0.3, 0.4) is 0 Å². The molecule has 0 amide bonds. The van der Waals surface area contributed by atoms with E-state index in [1.54, 1.807) is 12.3 Å². The molecule has 0 atom stereocenters. The number of hydrogen-bond acceptors (Lipinski definition) is 4. The predicted octanol–water partition coefficient (Wildman–Crippen LogP) is 4.44. The number of ether oxygens (including phenoxy) is 1. The second-order valence-electron chi connectivity index (χ2n) is 7.41. The maximum atomic E-state index is 13.8. The monoisotopic (exact) mass is 424 g/mol. The minimum atomic E-state index is -0.551. The zero-order chi connectivity index (χ0) is 20.8. The lowest BCUT2D eigenvalue weighted by Crippen LogP contribution is -2.17. The molecule has 4 aromatic heterocycles. The third-order valence-electron chi connectivity index (χ3n) is 5.27. The fraction of sp³-hybridized carbons (Fsp3) is 0.227. The first-order chi connectivity index (χ1) is 14.5. The molecule has 0 unspecified atom stereocenters. The number of hydrogen-bond donors (Lipinski definition) is 0. The number of rotatable bonds is 5. The minimum Gasteiger partial charge on any atom is -0.487 e. The van der Waals surface area contributed by atoms with E-state index in [2.05, 4.69) is 11.9 Å². The molecule has 30 heavy (non-hydrogen) atoms. The van der Waals surface area contributed by atoms with Crippen LogP contribution >= 0.6 is 11.6 Å². The van der Waals surface area contributed by atoms with Crippen LogP contribution in [-0.4, -0.2) is 18.9 Å². The van der Waals surface area contributed by atoms with Crippen LogP contribution in [0.1, 0.15) is 35.8 Å².